The second-order valence-electron chi connectivity index (χ2n) is 4.94. The fourth-order valence-corrected chi connectivity index (χ4v) is 2.15. The number of nitrogens with one attached hydrogen (secondary N) is 1. The molecule has 0 unspecified atom stereocenters. The molecular weight excluding hydrogens is 277 g/mol. The van der Waals surface area contributed by atoms with Crippen LogP contribution in [-0.2, 0) is 6.54 Å². The first kappa shape index (κ1) is 13.4. The van der Waals surface area contributed by atoms with Crippen molar-refractivity contribution in [2.45, 2.75) is 25.4 Å². The summed E-state index contributed by atoms with van der Waals surface area (Å²) in [5, 5.41) is 3.90. The molecule has 0 atom stereocenters. The van der Waals surface area contributed by atoms with Crippen molar-refractivity contribution >= 4 is 11.6 Å². The maximum atomic E-state index is 13.4. The number of para-hydroxylation sites is 1. The molecule has 2 aromatic carbocycles. The molecule has 4 heteroatoms. The van der Waals surface area contributed by atoms with Gasteiger partial charge in [-0.15, -0.1) is 0 Å². The highest BCUT2D eigenvalue weighted by Gasteiger charge is 2.21. The van der Waals surface area contributed by atoms with Crippen molar-refractivity contribution in [3.8, 4) is 11.5 Å². The molecule has 2 aromatic rings. The summed E-state index contributed by atoms with van der Waals surface area (Å²) in [6.45, 7) is 0.599. The lowest BCUT2D eigenvalue weighted by atomic mass is 10.2. The van der Waals surface area contributed by atoms with E-state index in [-0.39, 0.29) is 5.82 Å². The van der Waals surface area contributed by atoms with E-state index in [1.54, 1.807) is 18.2 Å². The number of benzene rings is 2. The van der Waals surface area contributed by atoms with Crippen molar-refractivity contribution in [2.75, 3.05) is 0 Å². The molecule has 0 aliphatic heterocycles. The van der Waals surface area contributed by atoms with Gasteiger partial charge in [-0.3, -0.25) is 0 Å². The van der Waals surface area contributed by atoms with Gasteiger partial charge in [0, 0.05) is 18.2 Å². The molecule has 1 N–H and O–H groups in total. The van der Waals surface area contributed by atoms with Crippen molar-refractivity contribution in [3.63, 3.8) is 0 Å². The Balaban J connectivity index is 1.82. The van der Waals surface area contributed by atoms with Crippen LogP contribution in [0.5, 0.6) is 11.5 Å². The molecule has 1 aliphatic carbocycles. The molecule has 1 saturated carbocycles. The van der Waals surface area contributed by atoms with Gasteiger partial charge in [-0.2, -0.15) is 0 Å². The Morgan fingerprint density at radius 3 is 2.70 bits per heavy atom. The van der Waals surface area contributed by atoms with E-state index in [1.165, 1.54) is 25.0 Å². The zero-order valence-corrected chi connectivity index (χ0v) is 11.7. The summed E-state index contributed by atoms with van der Waals surface area (Å²) in [5.41, 5.74) is 0.803. The van der Waals surface area contributed by atoms with E-state index in [1.807, 2.05) is 12.1 Å². The van der Waals surface area contributed by atoms with Gasteiger partial charge in [-0.1, -0.05) is 23.7 Å². The van der Waals surface area contributed by atoms with Crippen LogP contribution >= 0.6 is 11.6 Å². The highest BCUT2D eigenvalue weighted by atomic mass is 35.5. The molecule has 0 spiro atoms. The maximum absolute atomic E-state index is 13.4. The first-order chi connectivity index (χ1) is 9.72. The van der Waals surface area contributed by atoms with Gasteiger partial charge >= 0.3 is 0 Å². The summed E-state index contributed by atoms with van der Waals surface area (Å²) < 4.78 is 19.2. The van der Waals surface area contributed by atoms with Crippen LogP contribution in [0.1, 0.15) is 18.4 Å². The smallest absolute Gasteiger partial charge is 0.146 e. The van der Waals surface area contributed by atoms with Crippen molar-refractivity contribution in [2.24, 2.45) is 0 Å². The van der Waals surface area contributed by atoms with Gasteiger partial charge in [-0.25, -0.2) is 4.39 Å². The third-order valence-electron chi connectivity index (χ3n) is 3.24. The lowest BCUT2D eigenvalue weighted by Crippen LogP contribution is -2.15. The summed E-state index contributed by atoms with van der Waals surface area (Å²) in [6.07, 6.45) is 2.38. The Hall–Kier alpha value is -1.58. The van der Waals surface area contributed by atoms with E-state index >= 15 is 0 Å². The van der Waals surface area contributed by atoms with Crippen LogP contribution in [-0.4, -0.2) is 6.04 Å². The SMILES string of the molecule is Fc1ccc(Oc2ccccc2Cl)c(CNC2CC2)c1. The molecule has 2 nitrogen and oxygen atoms in total. The van der Waals surface area contributed by atoms with Crippen LogP contribution in [0.2, 0.25) is 5.02 Å². The largest absolute Gasteiger partial charge is 0.455 e. The minimum atomic E-state index is -0.260. The Morgan fingerprint density at radius 2 is 1.95 bits per heavy atom. The number of rotatable bonds is 5. The van der Waals surface area contributed by atoms with Crippen molar-refractivity contribution < 1.29 is 9.13 Å². The average molecular weight is 292 g/mol. The topological polar surface area (TPSA) is 21.3 Å². The standard InChI is InChI=1S/C16H15ClFNO/c17-14-3-1-2-4-16(14)20-15-8-5-12(18)9-11(15)10-19-13-6-7-13/h1-5,8-9,13,19H,6-7,10H2. The maximum Gasteiger partial charge on any atom is 0.146 e. The monoisotopic (exact) mass is 291 g/mol. The molecule has 3 rings (SSSR count). The van der Waals surface area contributed by atoms with Gasteiger partial charge in [0.1, 0.15) is 17.3 Å². The zero-order valence-electron chi connectivity index (χ0n) is 10.9. The number of halogens is 2. The van der Waals surface area contributed by atoms with Gasteiger partial charge < -0.3 is 10.1 Å². The summed E-state index contributed by atoms with van der Waals surface area (Å²) in [5.74, 6) is 0.949. The van der Waals surface area contributed by atoms with Gasteiger partial charge in [0.05, 0.1) is 5.02 Å². The van der Waals surface area contributed by atoms with Crippen molar-refractivity contribution in [1.29, 1.82) is 0 Å². The third-order valence-corrected chi connectivity index (χ3v) is 3.55. The van der Waals surface area contributed by atoms with E-state index in [0.717, 1.165) is 5.56 Å². The van der Waals surface area contributed by atoms with E-state index in [4.69, 9.17) is 16.3 Å². The molecule has 1 aliphatic rings. The quantitative estimate of drug-likeness (QED) is 0.874. The van der Waals surface area contributed by atoms with Crippen LogP contribution in [0, 0.1) is 5.82 Å². The Labute approximate surface area is 122 Å². The fourth-order valence-electron chi connectivity index (χ4n) is 1.97. The molecular formula is C16H15ClFNO. The van der Waals surface area contributed by atoms with E-state index in [2.05, 4.69) is 5.32 Å². The van der Waals surface area contributed by atoms with Crippen LogP contribution < -0.4 is 10.1 Å². The van der Waals surface area contributed by atoms with Crippen LogP contribution in [0.25, 0.3) is 0 Å². The minimum absolute atomic E-state index is 0.260. The number of hydrogen-bond acceptors (Lipinski definition) is 2. The molecule has 0 heterocycles. The summed E-state index contributed by atoms with van der Waals surface area (Å²) in [6, 6.07) is 12.4. The lowest BCUT2D eigenvalue weighted by Gasteiger charge is -2.13. The summed E-state index contributed by atoms with van der Waals surface area (Å²) in [7, 11) is 0. The first-order valence-corrected chi connectivity index (χ1v) is 7.04. The van der Waals surface area contributed by atoms with Gasteiger partial charge in [-0.05, 0) is 43.2 Å². The Kier molecular flexibility index (Phi) is 3.90. The van der Waals surface area contributed by atoms with E-state index < -0.39 is 0 Å². The van der Waals surface area contributed by atoms with Crippen molar-refractivity contribution in [3.05, 3.63) is 58.9 Å². The highest BCUT2D eigenvalue weighted by Crippen LogP contribution is 2.31. The minimum Gasteiger partial charge on any atom is -0.455 e. The van der Waals surface area contributed by atoms with Crippen LogP contribution in [0.15, 0.2) is 42.5 Å². The van der Waals surface area contributed by atoms with E-state index in [9.17, 15) is 4.39 Å². The zero-order chi connectivity index (χ0) is 13.9. The second-order valence-corrected chi connectivity index (χ2v) is 5.35. The molecule has 0 saturated heterocycles. The average Bonchev–Trinajstić information content (AvgIpc) is 3.25. The molecule has 0 bridgehead atoms. The second kappa shape index (κ2) is 5.81. The van der Waals surface area contributed by atoms with Crippen LogP contribution in [0.4, 0.5) is 4.39 Å². The van der Waals surface area contributed by atoms with Gasteiger partial charge in [0.15, 0.2) is 0 Å². The first-order valence-electron chi connectivity index (χ1n) is 6.66. The highest BCUT2D eigenvalue weighted by molar-refractivity contribution is 6.32. The molecule has 1 fully saturated rings. The summed E-state index contributed by atoms with van der Waals surface area (Å²) >= 11 is 6.08. The Morgan fingerprint density at radius 1 is 1.15 bits per heavy atom. The van der Waals surface area contributed by atoms with E-state index in [0.29, 0.717) is 29.1 Å². The molecule has 20 heavy (non-hydrogen) atoms. The predicted octanol–water partition coefficient (Wildman–Crippen LogP) is 4.52. The Bertz CT molecular complexity index is 613. The molecule has 0 amide bonds. The normalized spacial score (nSPS) is 14.3. The lowest BCUT2D eigenvalue weighted by molar-refractivity contribution is 0.470. The van der Waals surface area contributed by atoms with Gasteiger partial charge in [0.25, 0.3) is 0 Å². The predicted molar refractivity (Wildman–Crippen MR) is 77.8 cm³/mol. The summed E-state index contributed by atoms with van der Waals surface area (Å²) in [4.78, 5) is 0. The third kappa shape index (κ3) is 3.30. The molecule has 0 radical (unpaired) electrons. The molecule has 104 valence electrons. The fraction of sp³-hybridized carbons (Fsp3) is 0.250. The molecule has 0 aromatic heterocycles. The van der Waals surface area contributed by atoms with Gasteiger partial charge in [0.2, 0.25) is 0 Å². The van der Waals surface area contributed by atoms with Crippen LogP contribution in [0.3, 0.4) is 0 Å². The van der Waals surface area contributed by atoms with Crippen molar-refractivity contribution in [1.82, 2.24) is 5.32 Å². The number of hydrogen-bond donors (Lipinski definition) is 1. The number of ether oxygens (including phenoxy) is 1.